The Morgan fingerprint density at radius 1 is 0.704 bits per heavy atom. The summed E-state index contributed by atoms with van der Waals surface area (Å²) in [5.41, 5.74) is -0.615. The van der Waals surface area contributed by atoms with Crippen LogP contribution in [0, 0.1) is 0 Å². The molecule has 0 fully saturated rings. The van der Waals surface area contributed by atoms with Crippen LogP contribution in [0.2, 0.25) is 0 Å². The van der Waals surface area contributed by atoms with Crippen LogP contribution in [0.1, 0.15) is 41.4 Å². The number of benzene rings is 2. The van der Waals surface area contributed by atoms with Crippen LogP contribution in [0.15, 0.2) is 36.4 Å². The number of hydrogen-bond acceptors (Lipinski definition) is 5. The van der Waals surface area contributed by atoms with Gasteiger partial charge in [0.25, 0.3) is 11.8 Å². The van der Waals surface area contributed by atoms with Crippen LogP contribution in [0.3, 0.4) is 0 Å². The van der Waals surface area contributed by atoms with Crippen molar-refractivity contribution in [3.63, 3.8) is 0 Å². The number of carbonyl (C=O) groups is 4. The third-order valence-electron chi connectivity index (χ3n) is 3.62. The first-order chi connectivity index (χ1) is 12.8. The molecule has 0 aliphatic rings. The summed E-state index contributed by atoms with van der Waals surface area (Å²) in [6, 6.07) is 7.62. The summed E-state index contributed by atoms with van der Waals surface area (Å²) >= 11 is 0. The van der Waals surface area contributed by atoms with Gasteiger partial charge in [-0.15, -0.1) is 0 Å². The largest absolute Gasteiger partial charge is 0.478 e. The van der Waals surface area contributed by atoms with Crippen molar-refractivity contribution < 1.29 is 34.1 Å². The Balaban J connectivity index is 2.43. The Hall–Kier alpha value is -3.88. The second-order valence-corrected chi connectivity index (χ2v) is 5.29. The van der Waals surface area contributed by atoms with Crippen LogP contribution in [-0.2, 0) is 0 Å². The van der Waals surface area contributed by atoms with Crippen molar-refractivity contribution in [2.75, 3.05) is 14.1 Å². The molecule has 2 amide bonds. The van der Waals surface area contributed by atoms with Gasteiger partial charge in [-0.3, -0.25) is 9.59 Å². The number of hydrogen-bond donors (Lipinski definition) is 4. The highest BCUT2D eigenvalue weighted by Gasteiger charge is 2.19. The Morgan fingerprint density at radius 3 is 1.63 bits per heavy atom. The number of carboxylic acids is 2. The number of rotatable bonds is 6. The predicted molar refractivity (Wildman–Crippen MR) is 93.7 cm³/mol. The second kappa shape index (κ2) is 8.00. The summed E-state index contributed by atoms with van der Waals surface area (Å²) in [4.78, 5) is 46.3. The van der Waals surface area contributed by atoms with Gasteiger partial charge in [0.1, 0.15) is 11.5 Å². The zero-order valence-electron chi connectivity index (χ0n) is 14.4. The molecule has 9 heteroatoms. The molecule has 140 valence electrons. The maximum absolute atomic E-state index is 11.9. The number of carboxylic acid groups (broad SMARTS) is 2. The highest BCUT2D eigenvalue weighted by atomic mass is 16.5. The summed E-state index contributed by atoms with van der Waals surface area (Å²) < 4.78 is 5.54. The number of amides is 2. The fourth-order valence-corrected chi connectivity index (χ4v) is 2.33. The second-order valence-electron chi connectivity index (χ2n) is 5.29. The van der Waals surface area contributed by atoms with E-state index < -0.39 is 23.8 Å². The fourth-order valence-electron chi connectivity index (χ4n) is 2.33. The average Bonchev–Trinajstić information content (AvgIpc) is 2.66. The molecule has 0 radical (unpaired) electrons. The van der Waals surface area contributed by atoms with Gasteiger partial charge in [0.05, 0.1) is 22.3 Å². The summed E-state index contributed by atoms with van der Waals surface area (Å²) in [5.74, 6) is -3.53. The molecule has 0 heterocycles. The molecule has 0 bridgehead atoms. The van der Waals surface area contributed by atoms with E-state index in [1.807, 2.05) is 0 Å². The molecule has 0 aromatic heterocycles. The Morgan fingerprint density at radius 2 is 1.15 bits per heavy atom. The molecular formula is C18H16N2O7. The van der Waals surface area contributed by atoms with E-state index in [9.17, 15) is 29.4 Å². The van der Waals surface area contributed by atoms with Gasteiger partial charge in [0.2, 0.25) is 0 Å². The van der Waals surface area contributed by atoms with Crippen molar-refractivity contribution in [3.8, 4) is 11.5 Å². The van der Waals surface area contributed by atoms with Crippen molar-refractivity contribution in [3.05, 3.63) is 58.7 Å². The van der Waals surface area contributed by atoms with Crippen LogP contribution in [0.5, 0.6) is 11.5 Å². The zero-order valence-corrected chi connectivity index (χ0v) is 14.4. The van der Waals surface area contributed by atoms with Crippen molar-refractivity contribution >= 4 is 23.8 Å². The third-order valence-corrected chi connectivity index (χ3v) is 3.62. The number of carbonyl (C=O) groups excluding carboxylic acids is 2. The van der Waals surface area contributed by atoms with Crippen LogP contribution in [0.25, 0.3) is 0 Å². The number of ether oxygens (including phenoxy) is 1. The lowest BCUT2D eigenvalue weighted by atomic mass is 10.1. The van der Waals surface area contributed by atoms with Gasteiger partial charge in [-0.05, 0) is 36.4 Å². The van der Waals surface area contributed by atoms with Gasteiger partial charge < -0.3 is 25.6 Å². The van der Waals surface area contributed by atoms with Gasteiger partial charge in [-0.2, -0.15) is 0 Å². The van der Waals surface area contributed by atoms with E-state index in [0.717, 1.165) is 6.07 Å². The lowest BCUT2D eigenvalue weighted by Crippen LogP contribution is -2.21. The lowest BCUT2D eigenvalue weighted by Gasteiger charge is -2.11. The molecule has 0 saturated carbocycles. The van der Waals surface area contributed by atoms with Gasteiger partial charge in [-0.25, -0.2) is 9.59 Å². The molecule has 0 spiro atoms. The molecule has 0 unspecified atom stereocenters. The zero-order chi connectivity index (χ0) is 20.1. The van der Waals surface area contributed by atoms with E-state index >= 15 is 0 Å². The van der Waals surface area contributed by atoms with Crippen LogP contribution in [-0.4, -0.2) is 48.1 Å². The van der Waals surface area contributed by atoms with Crippen molar-refractivity contribution in [1.29, 1.82) is 0 Å². The van der Waals surface area contributed by atoms with Crippen molar-refractivity contribution in [1.82, 2.24) is 10.6 Å². The molecule has 27 heavy (non-hydrogen) atoms. The molecule has 4 N–H and O–H groups in total. The Kier molecular flexibility index (Phi) is 5.76. The first-order valence-electron chi connectivity index (χ1n) is 7.65. The highest BCUT2D eigenvalue weighted by Crippen LogP contribution is 2.26. The Bertz CT molecular complexity index is 937. The fraction of sp³-hybridized carbons (Fsp3) is 0.111. The van der Waals surface area contributed by atoms with Crippen molar-refractivity contribution in [2.45, 2.75) is 0 Å². The van der Waals surface area contributed by atoms with Crippen LogP contribution >= 0.6 is 0 Å². The minimum Gasteiger partial charge on any atom is -0.478 e. The van der Waals surface area contributed by atoms with Gasteiger partial charge in [0.15, 0.2) is 0 Å². The molecule has 0 aliphatic carbocycles. The average molecular weight is 372 g/mol. The molecule has 2 aromatic carbocycles. The van der Waals surface area contributed by atoms with E-state index in [1.165, 1.54) is 44.4 Å². The van der Waals surface area contributed by atoms with Crippen LogP contribution in [0.4, 0.5) is 0 Å². The SMILES string of the molecule is CNC(=O)c1ccc(Oc2ccc(C(=O)O)c(C(=O)NC)c2)cc1C(=O)O. The number of nitrogens with one attached hydrogen (secondary N) is 2. The highest BCUT2D eigenvalue weighted by molar-refractivity contribution is 6.05. The quantitative estimate of drug-likeness (QED) is 0.603. The summed E-state index contributed by atoms with van der Waals surface area (Å²) in [7, 11) is 2.74. The number of aromatic carboxylic acids is 2. The molecule has 2 aromatic rings. The summed E-state index contributed by atoms with van der Waals surface area (Å²) in [6.07, 6.45) is 0. The first kappa shape index (κ1) is 19.4. The van der Waals surface area contributed by atoms with E-state index in [4.69, 9.17) is 4.74 Å². The molecule has 0 atom stereocenters. The normalized spacial score (nSPS) is 10.0. The molecule has 9 nitrogen and oxygen atoms in total. The lowest BCUT2D eigenvalue weighted by molar-refractivity contribution is 0.0682. The van der Waals surface area contributed by atoms with E-state index in [2.05, 4.69) is 10.6 Å². The van der Waals surface area contributed by atoms with Gasteiger partial charge in [-0.1, -0.05) is 0 Å². The van der Waals surface area contributed by atoms with E-state index in [-0.39, 0.29) is 33.8 Å². The predicted octanol–water partition coefficient (Wildman–Crippen LogP) is 1.59. The van der Waals surface area contributed by atoms with E-state index in [0.29, 0.717) is 0 Å². The molecular weight excluding hydrogens is 356 g/mol. The minimum absolute atomic E-state index is 0.0374. The van der Waals surface area contributed by atoms with Crippen LogP contribution < -0.4 is 15.4 Å². The smallest absolute Gasteiger partial charge is 0.336 e. The van der Waals surface area contributed by atoms with Gasteiger partial charge in [0, 0.05) is 14.1 Å². The molecule has 2 rings (SSSR count). The van der Waals surface area contributed by atoms with Crippen molar-refractivity contribution in [2.24, 2.45) is 0 Å². The third kappa shape index (κ3) is 4.21. The summed E-state index contributed by atoms with van der Waals surface area (Å²) in [6.45, 7) is 0. The maximum Gasteiger partial charge on any atom is 0.336 e. The Labute approximate surface area is 153 Å². The van der Waals surface area contributed by atoms with E-state index in [1.54, 1.807) is 0 Å². The van der Waals surface area contributed by atoms with Gasteiger partial charge >= 0.3 is 11.9 Å². The summed E-state index contributed by atoms with van der Waals surface area (Å²) in [5, 5.41) is 23.1. The topological polar surface area (TPSA) is 142 Å². The standard InChI is InChI=1S/C18H16N2O7/c1-19-15(21)11-5-3-10(8-14(11)18(25)26)27-9-4-6-12(17(23)24)13(7-9)16(22)20-2/h3-8H,1-2H3,(H,19,21)(H,20,22)(H,23,24)(H,25,26). The molecule has 0 aliphatic heterocycles. The monoisotopic (exact) mass is 372 g/mol. The maximum atomic E-state index is 11.9. The molecule has 0 saturated heterocycles. The first-order valence-corrected chi connectivity index (χ1v) is 7.65. The minimum atomic E-state index is -1.31.